The number of nitrogens with zero attached hydrogens (tertiary/aromatic N) is 1. The smallest absolute Gasteiger partial charge is 0.410 e. The first-order valence-electron chi connectivity index (χ1n) is 6.15. The number of allylic oxidation sites excluding steroid dienone is 1. The van der Waals surface area contributed by atoms with E-state index in [-0.39, 0.29) is 11.7 Å². The van der Waals surface area contributed by atoms with Gasteiger partial charge in [-0.3, -0.25) is 0 Å². The number of ether oxygens (including phenoxy) is 1. The van der Waals surface area contributed by atoms with Gasteiger partial charge in [0.2, 0.25) is 0 Å². The molecule has 1 saturated heterocycles. The summed E-state index contributed by atoms with van der Waals surface area (Å²) in [7, 11) is 0. The lowest BCUT2D eigenvalue weighted by atomic mass is 9.70. The third kappa shape index (κ3) is 3.03. The molecule has 1 aliphatic heterocycles. The molecular weight excluding hydrogens is 282 g/mol. The molecule has 0 aromatic carbocycles. The fourth-order valence-electron chi connectivity index (χ4n) is 2.32. The third-order valence-electron chi connectivity index (χ3n) is 3.43. The molecule has 1 amide bonds. The zero-order valence-electron chi connectivity index (χ0n) is 10.7. The molecule has 3 nitrogen and oxygen atoms in total. The lowest BCUT2D eigenvalue weighted by molar-refractivity contribution is -0.0146. The van der Waals surface area contributed by atoms with Gasteiger partial charge in [0.15, 0.2) is 0 Å². The summed E-state index contributed by atoms with van der Waals surface area (Å²) in [5, 5.41) is 0. The van der Waals surface area contributed by atoms with Crippen LogP contribution >= 0.6 is 15.9 Å². The molecule has 1 saturated carbocycles. The molecule has 0 N–H and O–H groups in total. The summed E-state index contributed by atoms with van der Waals surface area (Å²) in [5.74, 6) is 1.45. The highest BCUT2D eigenvalue weighted by Gasteiger charge is 2.41. The maximum Gasteiger partial charge on any atom is 0.410 e. The van der Waals surface area contributed by atoms with E-state index in [2.05, 4.69) is 15.9 Å². The van der Waals surface area contributed by atoms with Crippen molar-refractivity contribution in [2.75, 3.05) is 13.1 Å². The number of hydrogen-bond donors (Lipinski definition) is 0. The zero-order valence-corrected chi connectivity index (χ0v) is 12.3. The first-order valence-corrected chi connectivity index (χ1v) is 7.06. The summed E-state index contributed by atoms with van der Waals surface area (Å²) in [6, 6.07) is 0. The molecular formula is C13H20BrNO2. The second kappa shape index (κ2) is 4.63. The van der Waals surface area contributed by atoms with Crippen LogP contribution in [0.5, 0.6) is 0 Å². The summed E-state index contributed by atoms with van der Waals surface area (Å²) in [6.07, 6.45) is 2.22. The minimum absolute atomic E-state index is 0.163. The van der Waals surface area contributed by atoms with Crippen molar-refractivity contribution in [2.45, 2.75) is 39.2 Å². The predicted octanol–water partition coefficient (Wildman–Crippen LogP) is 3.54. The molecule has 1 heterocycles. The molecule has 1 aliphatic carbocycles. The summed E-state index contributed by atoms with van der Waals surface area (Å²) in [6.45, 7) is 7.45. The van der Waals surface area contributed by atoms with E-state index in [1.807, 2.05) is 30.7 Å². The lowest BCUT2D eigenvalue weighted by Gasteiger charge is -2.47. The standard InChI is InChI=1S/C13H20BrNO2/c1-13(2,3)17-12(16)15-7-11(8-15)10-4-9(5-10)6-14/h6,10-11H,4-5,7-8H2,1-3H3. The Morgan fingerprint density at radius 3 is 2.41 bits per heavy atom. The first-order chi connectivity index (χ1) is 7.89. The number of likely N-dealkylation sites (tertiary alicyclic amines) is 1. The molecule has 0 atom stereocenters. The number of amides is 1. The maximum atomic E-state index is 11.7. The van der Waals surface area contributed by atoms with Crippen molar-refractivity contribution in [2.24, 2.45) is 11.8 Å². The van der Waals surface area contributed by atoms with Crippen LogP contribution in [0, 0.1) is 11.8 Å². The molecule has 2 rings (SSSR count). The Hall–Kier alpha value is -0.510. The van der Waals surface area contributed by atoms with E-state index < -0.39 is 0 Å². The minimum Gasteiger partial charge on any atom is -0.444 e. The van der Waals surface area contributed by atoms with Crippen LogP contribution in [0.3, 0.4) is 0 Å². The molecule has 0 spiro atoms. The van der Waals surface area contributed by atoms with Gasteiger partial charge in [-0.25, -0.2) is 4.79 Å². The van der Waals surface area contributed by atoms with Gasteiger partial charge in [-0.15, -0.1) is 0 Å². The first kappa shape index (κ1) is 12.9. The van der Waals surface area contributed by atoms with Crippen LogP contribution in [-0.4, -0.2) is 29.7 Å². The zero-order chi connectivity index (χ0) is 12.6. The Balaban J connectivity index is 1.71. The van der Waals surface area contributed by atoms with Crippen LogP contribution in [0.15, 0.2) is 10.6 Å². The SMILES string of the molecule is CC(C)(C)OC(=O)N1CC(C2CC(=CBr)C2)C1. The van der Waals surface area contributed by atoms with Crippen LogP contribution in [0.1, 0.15) is 33.6 Å². The van der Waals surface area contributed by atoms with Crippen LogP contribution in [0.25, 0.3) is 0 Å². The van der Waals surface area contributed by atoms with Crippen LogP contribution in [-0.2, 0) is 4.74 Å². The number of halogens is 1. The van der Waals surface area contributed by atoms with Gasteiger partial charge in [-0.1, -0.05) is 21.5 Å². The Bertz CT molecular complexity index is 332. The summed E-state index contributed by atoms with van der Waals surface area (Å²) in [4.78, 5) is 15.6. The molecule has 2 fully saturated rings. The van der Waals surface area contributed by atoms with Gasteiger partial charge < -0.3 is 9.64 Å². The Kier molecular flexibility index (Phi) is 3.53. The van der Waals surface area contributed by atoms with Crippen LogP contribution in [0.2, 0.25) is 0 Å². The van der Waals surface area contributed by atoms with Crippen LogP contribution in [0.4, 0.5) is 4.79 Å². The van der Waals surface area contributed by atoms with Gasteiger partial charge in [0.1, 0.15) is 5.60 Å². The Labute approximate surface area is 111 Å². The van der Waals surface area contributed by atoms with E-state index in [4.69, 9.17) is 4.74 Å². The monoisotopic (exact) mass is 301 g/mol. The van der Waals surface area contributed by atoms with E-state index in [0.717, 1.165) is 19.0 Å². The van der Waals surface area contributed by atoms with Gasteiger partial charge in [0.25, 0.3) is 0 Å². The molecule has 17 heavy (non-hydrogen) atoms. The quantitative estimate of drug-likeness (QED) is 0.741. The highest BCUT2D eigenvalue weighted by molar-refractivity contribution is 9.11. The average Bonchev–Trinajstić information content (AvgIpc) is 2.02. The second-order valence-corrected chi connectivity index (χ2v) is 6.54. The van der Waals surface area contributed by atoms with Gasteiger partial charge >= 0.3 is 6.09 Å². The lowest BCUT2D eigenvalue weighted by Crippen LogP contribution is -2.55. The Morgan fingerprint density at radius 1 is 1.35 bits per heavy atom. The molecule has 0 aromatic rings. The number of carbonyl (C=O) groups is 1. The summed E-state index contributed by atoms with van der Waals surface area (Å²) in [5.41, 5.74) is 1.11. The molecule has 4 heteroatoms. The highest BCUT2D eigenvalue weighted by atomic mass is 79.9. The van der Waals surface area contributed by atoms with Crippen molar-refractivity contribution in [3.63, 3.8) is 0 Å². The van der Waals surface area contributed by atoms with E-state index in [1.165, 1.54) is 18.4 Å². The number of hydrogen-bond acceptors (Lipinski definition) is 2. The molecule has 96 valence electrons. The molecule has 0 radical (unpaired) electrons. The second-order valence-electron chi connectivity index (χ2n) is 6.08. The van der Waals surface area contributed by atoms with Crippen molar-refractivity contribution in [3.8, 4) is 0 Å². The van der Waals surface area contributed by atoms with Crippen molar-refractivity contribution in [1.82, 2.24) is 4.90 Å². The largest absolute Gasteiger partial charge is 0.444 e. The summed E-state index contributed by atoms with van der Waals surface area (Å²) >= 11 is 3.36. The molecule has 0 bridgehead atoms. The average molecular weight is 302 g/mol. The van der Waals surface area contributed by atoms with E-state index in [0.29, 0.717) is 5.92 Å². The van der Waals surface area contributed by atoms with Crippen molar-refractivity contribution < 1.29 is 9.53 Å². The molecule has 2 aliphatic rings. The van der Waals surface area contributed by atoms with Crippen molar-refractivity contribution in [3.05, 3.63) is 10.6 Å². The fraction of sp³-hybridized carbons (Fsp3) is 0.769. The van der Waals surface area contributed by atoms with E-state index in [1.54, 1.807) is 0 Å². The van der Waals surface area contributed by atoms with Crippen molar-refractivity contribution >= 4 is 22.0 Å². The number of rotatable bonds is 1. The normalized spacial score (nSPS) is 25.1. The van der Waals surface area contributed by atoms with Gasteiger partial charge in [0.05, 0.1) is 0 Å². The van der Waals surface area contributed by atoms with E-state index in [9.17, 15) is 4.79 Å². The fourth-order valence-corrected chi connectivity index (χ4v) is 2.70. The van der Waals surface area contributed by atoms with Crippen LogP contribution < -0.4 is 0 Å². The van der Waals surface area contributed by atoms with Crippen molar-refractivity contribution in [1.29, 1.82) is 0 Å². The van der Waals surface area contributed by atoms with Gasteiger partial charge in [-0.2, -0.15) is 0 Å². The van der Waals surface area contributed by atoms with E-state index >= 15 is 0 Å². The maximum absolute atomic E-state index is 11.7. The molecule has 0 unspecified atom stereocenters. The third-order valence-corrected chi connectivity index (χ3v) is 4.08. The highest BCUT2D eigenvalue weighted by Crippen LogP contribution is 2.42. The predicted molar refractivity (Wildman–Crippen MR) is 71.0 cm³/mol. The summed E-state index contributed by atoms with van der Waals surface area (Å²) < 4.78 is 5.33. The van der Waals surface area contributed by atoms with Gasteiger partial charge in [-0.05, 0) is 50.4 Å². The van der Waals surface area contributed by atoms with Gasteiger partial charge in [0, 0.05) is 13.1 Å². The minimum atomic E-state index is -0.384. The topological polar surface area (TPSA) is 29.5 Å². The number of carbonyl (C=O) groups excluding carboxylic acids is 1. The Morgan fingerprint density at radius 2 is 1.94 bits per heavy atom. The molecule has 0 aromatic heterocycles.